The largest absolute Gasteiger partial charge is 0.355 e. The third-order valence-electron chi connectivity index (χ3n) is 5.55. The zero-order chi connectivity index (χ0) is 24.9. The molecule has 2 aromatic rings. The summed E-state index contributed by atoms with van der Waals surface area (Å²) in [6.07, 6.45) is 2.22. The Hall–Kier alpha value is -1.69. The molecule has 0 aliphatic carbocycles. The zero-order valence-electron chi connectivity index (χ0n) is 18.7. The van der Waals surface area contributed by atoms with E-state index >= 15 is 0 Å². The lowest BCUT2D eigenvalue weighted by atomic mass is 10.1. The van der Waals surface area contributed by atoms with E-state index in [9.17, 15) is 21.6 Å². The van der Waals surface area contributed by atoms with Gasteiger partial charge in [0.2, 0.25) is 26.0 Å². The predicted molar refractivity (Wildman–Crippen MR) is 132 cm³/mol. The standard InChI is InChI=1S/C22H27Cl2N3O5S2/c1-2-26(34(31,32)21-15-18(23)7-10-20(21)24)16-22(28)25-12-11-17-5-8-19(9-6-17)33(29,30)27-13-3-4-14-27/h5-10,15H,2-4,11-14,16H2,1H3,(H,25,28). The van der Waals surface area contributed by atoms with Crippen LogP contribution >= 0.6 is 23.2 Å². The van der Waals surface area contributed by atoms with Crippen molar-refractivity contribution in [3.63, 3.8) is 0 Å². The van der Waals surface area contributed by atoms with E-state index in [0.717, 1.165) is 22.7 Å². The van der Waals surface area contributed by atoms with Crippen molar-refractivity contribution in [3.8, 4) is 0 Å². The number of nitrogens with zero attached hydrogens (tertiary/aromatic N) is 2. The molecule has 34 heavy (non-hydrogen) atoms. The van der Waals surface area contributed by atoms with Crippen LogP contribution in [0.4, 0.5) is 0 Å². The minimum Gasteiger partial charge on any atom is -0.355 e. The van der Waals surface area contributed by atoms with Crippen molar-refractivity contribution in [1.82, 2.24) is 13.9 Å². The van der Waals surface area contributed by atoms with E-state index in [1.54, 1.807) is 31.2 Å². The summed E-state index contributed by atoms with van der Waals surface area (Å²) in [5, 5.41) is 2.96. The average Bonchev–Trinajstić information content (AvgIpc) is 3.35. The monoisotopic (exact) mass is 547 g/mol. The Labute approximate surface area is 210 Å². The molecule has 1 N–H and O–H groups in total. The molecule has 2 aromatic carbocycles. The van der Waals surface area contributed by atoms with Crippen molar-refractivity contribution < 1.29 is 21.6 Å². The molecule has 0 atom stereocenters. The Morgan fingerprint density at radius 3 is 2.29 bits per heavy atom. The van der Waals surface area contributed by atoms with Gasteiger partial charge in [-0.15, -0.1) is 0 Å². The number of amides is 1. The van der Waals surface area contributed by atoms with Crippen LogP contribution in [0.25, 0.3) is 0 Å². The van der Waals surface area contributed by atoms with Crippen molar-refractivity contribution in [1.29, 1.82) is 0 Å². The molecule has 12 heteroatoms. The number of sulfonamides is 2. The van der Waals surface area contributed by atoms with Crippen LogP contribution in [-0.4, -0.2) is 64.1 Å². The van der Waals surface area contributed by atoms with Crippen molar-refractivity contribution in [2.45, 2.75) is 36.0 Å². The summed E-state index contributed by atoms with van der Waals surface area (Å²) in [6, 6.07) is 10.7. The average molecular weight is 549 g/mol. The van der Waals surface area contributed by atoms with E-state index in [1.165, 1.54) is 22.5 Å². The highest BCUT2D eigenvalue weighted by atomic mass is 35.5. The van der Waals surface area contributed by atoms with Gasteiger partial charge in [0, 0.05) is 31.2 Å². The minimum atomic E-state index is -4.01. The number of hydrogen-bond donors (Lipinski definition) is 1. The predicted octanol–water partition coefficient (Wildman–Crippen LogP) is 3.15. The van der Waals surface area contributed by atoms with Crippen LogP contribution in [0.15, 0.2) is 52.3 Å². The fourth-order valence-electron chi connectivity index (χ4n) is 3.65. The van der Waals surface area contributed by atoms with Crippen molar-refractivity contribution in [2.75, 3.05) is 32.7 Å². The van der Waals surface area contributed by atoms with Gasteiger partial charge in [-0.05, 0) is 55.2 Å². The summed E-state index contributed by atoms with van der Waals surface area (Å²) in [5.41, 5.74) is 0.853. The maximum Gasteiger partial charge on any atom is 0.245 e. The number of likely N-dealkylation sites (N-methyl/N-ethyl adjacent to an activating group) is 1. The highest BCUT2D eigenvalue weighted by Crippen LogP contribution is 2.27. The van der Waals surface area contributed by atoms with E-state index in [1.807, 2.05) is 0 Å². The number of benzene rings is 2. The molecule has 1 aliphatic rings. The van der Waals surface area contributed by atoms with Gasteiger partial charge in [0.05, 0.1) is 16.5 Å². The first kappa shape index (κ1) is 26.9. The lowest BCUT2D eigenvalue weighted by Crippen LogP contribution is -2.41. The van der Waals surface area contributed by atoms with Gasteiger partial charge in [0.15, 0.2) is 0 Å². The molecule has 1 amide bonds. The van der Waals surface area contributed by atoms with E-state index in [0.29, 0.717) is 19.5 Å². The maximum atomic E-state index is 12.9. The molecule has 1 aliphatic heterocycles. The Bertz CT molecular complexity index is 1230. The highest BCUT2D eigenvalue weighted by molar-refractivity contribution is 7.89. The second-order valence-corrected chi connectivity index (χ2v) is 12.5. The Balaban J connectivity index is 1.56. The first-order valence-corrected chi connectivity index (χ1v) is 14.5. The number of carbonyl (C=O) groups excluding carboxylic acids is 1. The molecule has 0 saturated carbocycles. The summed E-state index contributed by atoms with van der Waals surface area (Å²) in [7, 11) is -7.47. The van der Waals surface area contributed by atoms with Crippen LogP contribution in [0.1, 0.15) is 25.3 Å². The van der Waals surface area contributed by atoms with E-state index < -0.39 is 26.0 Å². The molecule has 0 unspecified atom stereocenters. The van der Waals surface area contributed by atoms with Gasteiger partial charge in [0.1, 0.15) is 4.90 Å². The normalized spacial score (nSPS) is 15.1. The smallest absolute Gasteiger partial charge is 0.245 e. The van der Waals surface area contributed by atoms with Gasteiger partial charge < -0.3 is 5.32 Å². The van der Waals surface area contributed by atoms with Crippen LogP contribution in [-0.2, 0) is 31.3 Å². The quantitative estimate of drug-likeness (QED) is 0.492. The number of nitrogens with one attached hydrogen (secondary N) is 1. The Morgan fingerprint density at radius 1 is 1.03 bits per heavy atom. The first-order chi connectivity index (χ1) is 16.1. The van der Waals surface area contributed by atoms with Crippen molar-refractivity contribution >= 4 is 49.2 Å². The molecular formula is C22H27Cl2N3O5S2. The van der Waals surface area contributed by atoms with Gasteiger partial charge in [-0.1, -0.05) is 42.3 Å². The lowest BCUT2D eigenvalue weighted by molar-refractivity contribution is -0.121. The maximum absolute atomic E-state index is 12.9. The number of rotatable bonds is 10. The molecule has 0 spiro atoms. The van der Waals surface area contributed by atoms with Crippen molar-refractivity contribution in [3.05, 3.63) is 58.1 Å². The number of halogens is 2. The van der Waals surface area contributed by atoms with Gasteiger partial charge in [-0.25, -0.2) is 16.8 Å². The summed E-state index contributed by atoms with van der Waals surface area (Å²) in [6.45, 7) is 2.70. The molecule has 186 valence electrons. The van der Waals surface area contributed by atoms with Gasteiger partial charge in [-0.2, -0.15) is 8.61 Å². The Kier molecular flexibility index (Phi) is 8.99. The number of hydrogen-bond acceptors (Lipinski definition) is 5. The van der Waals surface area contributed by atoms with Crippen LogP contribution in [0.3, 0.4) is 0 Å². The van der Waals surface area contributed by atoms with Gasteiger partial charge in [-0.3, -0.25) is 4.79 Å². The van der Waals surface area contributed by atoms with Crippen LogP contribution in [0.5, 0.6) is 0 Å². The molecule has 3 rings (SSSR count). The van der Waals surface area contributed by atoms with Crippen molar-refractivity contribution in [2.24, 2.45) is 0 Å². The van der Waals surface area contributed by atoms with E-state index in [-0.39, 0.29) is 39.5 Å². The third kappa shape index (κ3) is 6.30. The summed E-state index contributed by atoms with van der Waals surface area (Å²) < 4.78 is 53.6. The van der Waals surface area contributed by atoms with E-state index in [2.05, 4.69) is 5.32 Å². The molecule has 8 nitrogen and oxygen atoms in total. The molecule has 0 bridgehead atoms. The molecule has 0 radical (unpaired) electrons. The summed E-state index contributed by atoms with van der Waals surface area (Å²) >= 11 is 12.0. The van der Waals surface area contributed by atoms with Gasteiger partial charge in [0.25, 0.3) is 0 Å². The first-order valence-electron chi connectivity index (χ1n) is 10.9. The number of carbonyl (C=O) groups is 1. The highest BCUT2D eigenvalue weighted by Gasteiger charge is 2.28. The van der Waals surface area contributed by atoms with Crippen LogP contribution in [0.2, 0.25) is 10.0 Å². The third-order valence-corrected chi connectivity index (χ3v) is 10.1. The second kappa shape index (κ2) is 11.4. The van der Waals surface area contributed by atoms with Gasteiger partial charge >= 0.3 is 0 Å². The molecular weight excluding hydrogens is 521 g/mol. The molecule has 1 heterocycles. The zero-order valence-corrected chi connectivity index (χ0v) is 21.9. The molecule has 1 fully saturated rings. The lowest BCUT2D eigenvalue weighted by Gasteiger charge is -2.21. The van der Waals surface area contributed by atoms with E-state index in [4.69, 9.17) is 23.2 Å². The fraction of sp³-hybridized carbons (Fsp3) is 0.409. The van der Waals surface area contributed by atoms with Crippen LogP contribution in [0, 0.1) is 0 Å². The van der Waals surface area contributed by atoms with Crippen LogP contribution < -0.4 is 5.32 Å². The fourth-order valence-corrected chi connectivity index (χ4v) is 7.31. The molecule has 0 aromatic heterocycles. The minimum absolute atomic E-state index is 0.0263. The summed E-state index contributed by atoms with van der Waals surface area (Å²) in [5.74, 6) is -0.461. The molecule has 1 saturated heterocycles. The summed E-state index contributed by atoms with van der Waals surface area (Å²) in [4.78, 5) is 12.5. The Morgan fingerprint density at radius 2 is 1.68 bits per heavy atom. The second-order valence-electron chi connectivity index (χ2n) is 7.86. The SMILES string of the molecule is CCN(CC(=O)NCCc1ccc(S(=O)(=O)N2CCCC2)cc1)S(=O)(=O)c1cc(Cl)ccc1Cl. The topological polar surface area (TPSA) is 104 Å².